The summed E-state index contributed by atoms with van der Waals surface area (Å²) in [6.07, 6.45) is 4.16. The first-order valence-corrected chi connectivity index (χ1v) is 37.7. The van der Waals surface area contributed by atoms with Gasteiger partial charge < -0.3 is 63.4 Å². The number of primary amides is 1. The number of anilines is 1. The second-order valence-corrected chi connectivity index (χ2v) is 29.4. The summed E-state index contributed by atoms with van der Waals surface area (Å²) in [6, 6.07) is 21.8. The quantitative estimate of drug-likeness (QED) is 0.0107. The molecule has 1 aromatic heterocycles. The highest BCUT2D eigenvalue weighted by molar-refractivity contribution is 6.30. The van der Waals surface area contributed by atoms with Crippen molar-refractivity contribution in [3.63, 3.8) is 0 Å². The minimum absolute atomic E-state index is 0.0313. The maximum absolute atomic E-state index is 15.3. The van der Waals surface area contributed by atoms with Crippen LogP contribution < -0.4 is 53.6 Å². The SMILES string of the molecule is CC[C@H](NC(=O)[C@@H](Cc1cccnc1)NC(=O)[C@@H](Cc1ccc(Cl)cc1)NC(=O)[C@@H](Cc1ccc2ccccc2c1)NC(C)=O)C(=O)N[C@@H](Cc1ccc([N+](=O)[O-])cc1)C(=O)N[C@H](Cc1ccc(NC(N)=O)cc1)C(=O)N[C@@H](CC(C)C)C(=O)N[C@@H](CCCCN(C)C(C)C)C(=O)N1CCC[C@H]1C(=O)C[C@H](C)C(C)=O. The summed E-state index contributed by atoms with van der Waals surface area (Å²) in [5, 5.41) is 38.9. The number of nitrogens with one attached hydrogen (secondary N) is 9. The van der Waals surface area contributed by atoms with Gasteiger partial charge in [-0.2, -0.15) is 0 Å². The molecular formula is C81H103ClN14O14. The molecule has 1 saturated heterocycles. The number of amides is 11. The molecule has 11 amide bonds. The van der Waals surface area contributed by atoms with E-state index in [1.165, 1.54) is 67.5 Å². The number of nitro groups is 1. The van der Waals surface area contributed by atoms with Crippen LogP contribution in [0.15, 0.2) is 140 Å². The van der Waals surface area contributed by atoms with Gasteiger partial charge in [0.25, 0.3) is 5.69 Å². The van der Waals surface area contributed by atoms with Crippen molar-refractivity contribution in [1.29, 1.82) is 0 Å². The van der Waals surface area contributed by atoms with Crippen molar-refractivity contribution in [2.75, 3.05) is 25.5 Å². The number of nitrogens with two attached hydrogens (primary N) is 1. The van der Waals surface area contributed by atoms with Crippen LogP contribution in [0, 0.1) is 22.0 Å². The van der Waals surface area contributed by atoms with Crippen molar-refractivity contribution >= 4 is 105 Å². The van der Waals surface area contributed by atoms with Gasteiger partial charge in [-0.05, 0) is 154 Å². The highest BCUT2D eigenvalue weighted by Crippen LogP contribution is 2.25. The number of carbonyl (C=O) groups is 12. The zero-order chi connectivity index (χ0) is 80.3. The van der Waals surface area contributed by atoms with E-state index >= 15 is 9.59 Å². The van der Waals surface area contributed by atoms with Crippen LogP contribution in [0.25, 0.3) is 10.8 Å². The number of urea groups is 1. The molecule has 0 spiro atoms. The van der Waals surface area contributed by atoms with Crippen LogP contribution in [-0.2, 0) is 84.8 Å². The molecule has 2 heterocycles. The summed E-state index contributed by atoms with van der Waals surface area (Å²) >= 11 is 6.27. The van der Waals surface area contributed by atoms with Crippen LogP contribution in [0.3, 0.4) is 0 Å². The smallest absolute Gasteiger partial charge is 0.316 e. The van der Waals surface area contributed by atoms with Gasteiger partial charge in [-0.1, -0.05) is 124 Å². The third-order valence-electron chi connectivity index (χ3n) is 19.5. The number of likely N-dealkylation sites (tertiary alicyclic amines) is 1. The molecular weight excluding hydrogens is 1430 g/mol. The predicted molar refractivity (Wildman–Crippen MR) is 418 cm³/mol. The number of nitro benzene ring substituents is 1. The molecule has 588 valence electrons. The molecule has 11 N–H and O–H groups in total. The molecule has 0 aliphatic carbocycles. The van der Waals surface area contributed by atoms with Crippen LogP contribution in [0.5, 0.6) is 0 Å². The van der Waals surface area contributed by atoms with Gasteiger partial charge in [-0.25, -0.2) is 4.79 Å². The van der Waals surface area contributed by atoms with Gasteiger partial charge in [0.1, 0.15) is 54.1 Å². The molecule has 0 saturated carbocycles. The Kier molecular flexibility index (Phi) is 33.0. The summed E-state index contributed by atoms with van der Waals surface area (Å²) in [5.74, 6) is -8.16. The lowest BCUT2D eigenvalue weighted by Gasteiger charge is -2.31. The highest BCUT2D eigenvalue weighted by atomic mass is 35.5. The van der Waals surface area contributed by atoms with Crippen LogP contribution in [0.1, 0.15) is 135 Å². The fourth-order valence-electron chi connectivity index (χ4n) is 12.9. The normalized spacial score (nSPS) is 15.1. The number of unbranched alkanes of at least 4 members (excludes halogenated alkanes) is 1. The first kappa shape index (κ1) is 86.2. The molecule has 0 bridgehead atoms. The maximum Gasteiger partial charge on any atom is 0.316 e. The van der Waals surface area contributed by atoms with Crippen LogP contribution in [-0.4, -0.2) is 171 Å². The Morgan fingerprint density at radius 1 is 0.573 bits per heavy atom. The molecule has 5 aromatic carbocycles. The summed E-state index contributed by atoms with van der Waals surface area (Å²) in [6.45, 7) is 14.6. The molecule has 0 radical (unpaired) electrons. The number of carbonyl (C=O) groups excluding carboxylic acids is 12. The largest absolute Gasteiger partial charge is 0.351 e. The van der Waals surface area contributed by atoms with E-state index in [0.29, 0.717) is 70.8 Å². The second kappa shape index (κ2) is 42.1. The Labute approximate surface area is 646 Å². The van der Waals surface area contributed by atoms with E-state index in [1.807, 2.05) is 63.4 Å². The molecule has 28 nitrogen and oxygen atoms in total. The van der Waals surface area contributed by atoms with E-state index in [2.05, 4.69) is 71.6 Å². The van der Waals surface area contributed by atoms with Crippen molar-refractivity contribution in [1.82, 2.24) is 57.3 Å². The van der Waals surface area contributed by atoms with Crippen molar-refractivity contribution < 1.29 is 62.5 Å². The number of aromatic nitrogens is 1. The zero-order valence-corrected chi connectivity index (χ0v) is 64.5. The van der Waals surface area contributed by atoms with Crippen molar-refractivity contribution in [3.8, 4) is 0 Å². The van der Waals surface area contributed by atoms with Crippen molar-refractivity contribution in [2.45, 2.75) is 199 Å². The molecule has 1 aliphatic heterocycles. The third kappa shape index (κ3) is 27.0. The molecule has 10 atom stereocenters. The van der Waals surface area contributed by atoms with Gasteiger partial charge in [-0.15, -0.1) is 0 Å². The second-order valence-electron chi connectivity index (χ2n) is 29.0. The maximum atomic E-state index is 15.3. The number of halogens is 1. The van der Waals surface area contributed by atoms with Crippen LogP contribution >= 0.6 is 11.6 Å². The number of Topliss-reactive ketones (excluding diaryl/α,β-unsaturated/α-hetero) is 2. The molecule has 110 heavy (non-hydrogen) atoms. The van der Waals surface area contributed by atoms with Gasteiger partial charge >= 0.3 is 6.03 Å². The number of rotatable bonds is 41. The predicted octanol–water partition coefficient (Wildman–Crippen LogP) is 6.84. The Morgan fingerprint density at radius 3 is 1.55 bits per heavy atom. The molecule has 7 rings (SSSR count). The van der Waals surface area contributed by atoms with E-state index in [9.17, 15) is 58.1 Å². The molecule has 0 unspecified atom stereocenters. The fourth-order valence-corrected chi connectivity index (χ4v) is 13.1. The van der Waals surface area contributed by atoms with Gasteiger partial charge in [0, 0.05) is 99.2 Å². The van der Waals surface area contributed by atoms with E-state index in [-0.39, 0.29) is 93.5 Å². The van der Waals surface area contributed by atoms with Crippen molar-refractivity contribution in [3.05, 3.63) is 183 Å². The molecule has 29 heteroatoms. The lowest BCUT2D eigenvalue weighted by Crippen LogP contribution is -2.61. The lowest BCUT2D eigenvalue weighted by atomic mass is 9.95. The average molecular weight is 1530 g/mol. The first-order valence-electron chi connectivity index (χ1n) is 37.3. The van der Waals surface area contributed by atoms with E-state index in [1.54, 1.807) is 62.4 Å². The Hall–Kier alpha value is -11.0. The summed E-state index contributed by atoms with van der Waals surface area (Å²) in [4.78, 5) is 189. The number of fused-ring (bicyclic) bond motifs is 1. The number of nitrogens with zero attached hydrogens (tertiary/aromatic N) is 4. The van der Waals surface area contributed by atoms with Crippen LogP contribution in [0.4, 0.5) is 16.2 Å². The van der Waals surface area contributed by atoms with Crippen molar-refractivity contribution in [2.24, 2.45) is 17.6 Å². The molecule has 1 aliphatic rings. The summed E-state index contributed by atoms with van der Waals surface area (Å²) < 4.78 is 0. The van der Waals surface area contributed by atoms with Crippen LogP contribution in [0.2, 0.25) is 5.02 Å². The number of ketones is 2. The highest BCUT2D eigenvalue weighted by Gasteiger charge is 2.40. The first-order chi connectivity index (χ1) is 52.3. The fraction of sp³-hybridized carbons (Fsp3) is 0.444. The summed E-state index contributed by atoms with van der Waals surface area (Å²) in [7, 11) is 1.98. The standard InChI is InChI=1S/C81H103ClN14O14/c1-10-63(87-76(103)70(46-57-17-15-36-84-47-57)93-79(106)68(42-53-23-30-60(82)31-24-53)91-75(102)66(85-52(8)98)45-56-22-29-58-18-11-12-19-59(58)41-56)73(100)90-67(44-55-27-34-62(35-28-55)96(109)110)78(105)92-69(43-54-25-32-61(33-26-54)86-81(83)108)77(104)89-65(39-48(2)3)74(101)88-64(20-13-14-37-94(9)49(4)5)80(107)95-38-16-21-71(95)72(99)40-50(6)51(7)97/h11-12,15,17-19,22-36,41,47-50,63-71H,10,13-14,16,20-21,37-40,42-46H2,1-9H3,(H,85,98)(H,87,103)(H,88,101)(H,89,104)(H,90,100)(H,91,102)(H,92,105)(H,93,106)(H3,83,86,108)/t50-,63-,64-,65-,66+,67-,68+,69+,70+,71-/m0/s1. The van der Waals surface area contributed by atoms with Gasteiger partial charge in [0.05, 0.1) is 11.0 Å². The number of hydrogen-bond acceptors (Lipinski definition) is 16. The van der Waals surface area contributed by atoms with Gasteiger partial charge in [0.15, 0.2) is 5.78 Å². The van der Waals surface area contributed by atoms with E-state index in [4.69, 9.17) is 17.3 Å². The zero-order valence-electron chi connectivity index (χ0n) is 63.8. The minimum atomic E-state index is -1.62. The number of pyridine rings is 1. The van der Waals surface area contributed by atoms with Gasteiger partial charge in [-0.3, -0.25) is 67.8 Å². The van der Waals surface area contributed by atoms with E-state index in [0.717, 1.165) is 10.8 Å². The molecule has 1 fully saturated rings. The lowest BCUT2D eigenvalue weighted by molar-refractivity contribution is -0.384. The van der Waals surface area contributed by atoms with Gasteiger partial charge in [0.2, 0.25) is 53.2 Å². The number of benzene rings is 5. The minimum Gasteiger partial charge on any atom is -0.351 e. The Morgan fingerprint density at radius 2 is 1.05 bits per heavy atom. The Balaban J connectivity index is 1.18. The average Bonchev–Trinajstić information content (AvgIpc) is 1.31. The topological polar surface area (TPSA) is 402 Å². The molecule has 6 aromatic rings. The van der Waals surface area contributed by atoms with E-state index < -0.39 is 124 Å². The Bertz CT molecular complexity index is 4210. The number of non-ortho nitro benzene ring substituents is 1. The summed E-state index contributed by atoms with van der Waals surface area (Å²) in [5.41, 5.74) is 7.91. The monoisotopic (exact) mass is 1530 g/mol. The number of hydrogen-bond donors (Lipinski definition) is 10. The third-order valence-corrected chi connectivity index (χ3v) is 19.7.